The zero-order valence-electron chi connectivity index (χ0n) is 13.6. The number of rotatable bonds is 7. The number of amides is 1. The smallest absolute Gasteiger partial charge is 0.263 e. The molecule has 25 heavy (non-hydrogen) atoms. The highest BCUT2D eigenvalue weighted by Crippen LogP contribution is 2.32. The molecule has 0 bridgehead atoms. The van der Waals surface area contributed by atoms with E-state index in [0.717, 1.165) is 11.3 Å². The van der Waals surface area contributed by atoms with Gasteiger partial charge in [0.2, 0.25) is 0 Å². The lowest BCUT2D eigenvalue weighted by Gasteiger charge is -2.23. The Bertz CT molecular complexity index is 775. The number of anilines is 1. The van der Waals surface area contributed by atoms with E-state index < -0.39 is 0 Å². The van der Waals surface area contributed by atoms with Gasteiger partial charge in [-0.2, -0.15) is 10.5 Å². The minimum Gasteiger partial charge on any atom is -0.496 e. The third kappa shape index (κ3) is 4.96. The molecule has 2 rings (SSSR count). The van der Waals surface area contributed by atoms with Crippen LogP contribution in [-0.4, -0.2) is 30.4 Å². The maximum absolute atomic E-state index is 11.8. The summed E-state index contributed by atoms with van der Waals surface area (Å²) < 4.78 is 5.88. The summed E-state index contributed by atoms with van der Waals surface area (Å²) in [6.07, 6.45) is 2.47. The van der Waals surface area contributed by atoms with Crippen LogP contribution in [0.4, 0.5) is 5.69 Å². The lowest BCUT2D eigenvalue weighted by molar-refractivity contribution is -0.115. The van der Waals surface area contributed by atoms with E-state index in [9.17, 15) is 4.79 Å². The number of ether oxygens (including phenoxy) is 1. The lowest BCUT2D eigenvalue weighted by Crippen LogP contribution is -2.25. The van der Waals surface area contributed by atoms with Crippen LogP contribution in [0.2, 0.25) is 0 Å². The standard InChI is InChI=1S/C17H16N4O2S2/c1-23-14-11-13(21(8-2-6-18)9-3-7-19)5-4-12(14)10-15-16(22)20-17(24)25-15/h4-5,10-11H,2-3,8-9H2,1H3,(H,20,22,24)/b15-10+. The number of carbonyl (C=O) groups is 1. The molecule has 1 aliphatic rings. The highest BCUT2D eigenvalue weighted by atomic mass is 32.2. The highest BCUT2D eigenvalue weighted by Gasteiger charge is 2.22. The summed E-state index contributed by atoms with van der Waals surface area (Å²) in [6.45, 7) is 1.07. The van der Waals surface area contributed by atoms with Gasteiger partial charge >= 0.3 is 0 Å². The summed E-state index contributed by atoms with van der Waals surface area (Å²) in [5.74, 6) is 0.390. The molecule has 0 radical (unpaired) electrons. The Balaban J connectivity index is 2.30. The van der Waals surface area contributed by atoms with Gasteiger partial charge in [-0.3, -0.25) is 4.79 Å². The Morgan fingerprint density at radius 1 is 1.32 bits per heavy atom. The van der Waals surface area contributed by atoms with Crippen LogP contribution in [-0.2, 0) is 4.79 Å². The van der Waals surface area contributed by atoms with Crippen LogP contribution in [0.15, 0.2) is 23.1 Å². The first-order valence-corrected chi connectivity index (χ1v) is 8.73. The Hall–Kier alpha value is -2.55. The third-order valence-corrected chi connectivity index (χ3v) is 4.66. The van der Waals surface area contributed by atoms with Crippen LogP contribution in [0.25, 0.3) is 6.08 Å². The molecule has 1 aliphatic heterocycles. The molecule has 1 saturated heterocycles. The fourth-order valence-corrected chi connectivity index (χ4v) is 3.35. The number of nitrogens with zero attached hydrogens (tertiary/aromatic N) is 3. The largest absolute Gasteiger partial charge is 0.496 e. The van der Waals surface area contributed by atoms with Crippen LogP contribution in [0.3, 0.4) is 0 Å². The fourth-order valence-electron chi connectivity index (χ4n) is 2.32. The molecule has 1 heterocycles. The summed E-state index contributed by atoms with van der Waals surface area (Å²) >= 11 is 6.20. The SMILES string of the molecule is COc1cc(N(CCC#N)CCC#N)ccc1/C=C1/SC(=S)NC1=O. The molecule has 1 fully saturated rings. The molecule has 0 spiro atoms. The summed E-state index contributed by atoms with van der Waals surface area (Å²) in [6, 6.07) is 9.82. The second kappa shape index (κ2) is 9.07. The number of methoxy groups -OCH3 is 1. The number of hydrogen-bond acceptors (Lipinski definition) is 7. The zero-order valence-corrected chi connectivity index (χ0v) is 15.2. The molecule has 1 amide bonds. The summed E-state index contributed by atoms with van der Waals surface area (Å²) in [4.78, 5) is 14.3. The van der Waals surface area contributed by atoms with Gasteiger partial charge in [0.15, 0.2) is 0 Å². The number of carbonyl (C=O) groups excluding carboxylic acids is 1. The molecule has 1 aromatic rings. The lowest BCUT2D eigenvalue weighted by atomic mass is 10.1. The number of nitrogens with one attached hydrogen (secondary N) is 1. The Morgan fingerprint density at radius 3 is 2.52 bits per heavy atom. The van der Waals surface area contributed by atoms with Crippen LogP contribution < -0.4 is 15.0 Å². The van der Waals surface area contributed by atoms with E-state index in [4.69, 9.17) is 27.5 Å². The maximum Gasteiger partial charge on any atom is 0.263 e. The van der Waals surface area contributed by atoms with Crippen molar-refractivity contribution in [2.24, 2.45) is 0 Å². The predicted octanol–water partition coefficient (Wildman–Crippen LogP) is 2.82. The van der Waals surface area contributed by atoms with E-state index in [0.29, 0.717) is 40.9 Å². The fraction of sp³-hybridized carbons (Fsp3) is 0.294. The Labute approximate surface area is 156 Å². The van der Waals surface area contributed by atoms with Crippen molar-refractivity contribution >= 4 is 46.0 Å². The zero-order chi connectivity index (χ0) is 18.2. The second-order valence-corrected chi connectivity index (χ2v) is 6.80. The van der Waals surface area contributed by atoms with Crippen LogP contribution in [0.5, 0.6) is 5.75 Å². The molecule has 1 aromatic carbocycles. The minimum absolute atomic E-state index is 0.217. The van der Waals surface area contributed by atoms with E-state index in [2.05, 4.69) is 17.5 Å². The van der Waals surface area contributed by atoms with E-state index in [-0.39, 0.29) is 5.91 Å². The summed E-state index contributed by atoms with van der Waals surface area (Å²) in [5, 5.41) is 20.2. The van der Waals surface area contributed by atoms with Gasteiger partial charge in [0.05, 0.1) is 37.0 Å². The van der Waals surface area contributed by atoms with Crippen molar-refractivity contribution in [3.05, 3.63) is 28.7 Å². The van der Waals surface area contributed by atoms with Crippen LogP contribution >= 0.6 is 24.0 Å². The van der Waals surface area contributed by atoms with Crippen molar-refractivity contribution in [3.8, 4) is 17.9 Å². The minimum atomic E-state index is -0.217. The average Bonchev–Trinajstić information content (AvgIpc) is 2.93. The molecule has 0 atom stereocenters. The summed E-state index contributed by atoms with van der Waals surface area (Å²) in [5.41, 5.74) is 1.62. The average molecular weight is 372 g/mol. The van der Waals surface area contributed by atoms with E-state index in [1.54, 1.807) is 13.2 Å². The van der Waals surface area contributed by atoms with Gasteiger partial charge < -0.3 is 15.0 Å². The highest BCUT2D eigenvalue weighted by molar-refractivity contribution is 8.26. The Kier molecular flexibility index (Phi) is 6.81. The number of thiocarbonyl (C=S) groups is 1. The normalized spacial score (nSPS) is 14.8. The van der Waals surface area contributed by atoms with Gasteiger partial charge in [0, 0.05) is 30.4 Å². The molecule has 128 valence electrons. The quantitative estimate of drug-likeness (QED) is 0.581. The number of nitriles is 2. The van der Waals surface area contributed by atoms with Gasteiger partial charge in [-0.15, -0.1) is 0 Å². The van der Waals surface area contributed by atoms with Gasteiger partial charge in [-0.1, -0.05) is 24.0 Å². The molecule has 0 aliphatic carbocycles. The monoisotopic (exact) mass is 372 g/mol. The van der Waals surface area contributed by atoms with E-state index in [1.165, 1.54) is 11.8 Å². The van der Waals surface area contributed by atoms with Crippen molar-refractivity contribution in [1.82, 2.24) is 5.32 Å². The van der Waals surface area contributed by atoms with Gasteiger partial charge in [0.1, 0.15) is 10.1 Å². The number of hydrogen-bond donors (Lipinski definition) is 1. The summed E-state index contributed by atoms with van der Waals surface area (Å²) in [7, 11) is 1.56. The van der Waals surface area contributed by atoms with Crippen LogP contribution in [0, 0.1) is 22.7 Å². The molecular weight excluding hydrogens is 356 g/mol. The second-order valence-electron chi connectivity index (χ2n) is 5.08. The van der Waals surface area contributed by atoms with Crippen molar-refractivity contribution in [2.75, 3.05) is 25.1 Å². The maximum atomic E-state index is 11.8. The Morgan fingerprint density at radius 2 is 2.00 bits per heavy atom. The molecule has 8 heteroatoms. The number of thioether (sulfide) groups is 1. The molecule has 0 unspecified atom stereocenters. The topological polar surface area (TPSA) is 89.2 Å². The molecular formula is C17H16N4O2S2. The van der Waals surface area contributed by atoms with Gasteiger partial charge in [0.25, 0.3) is 5.91 Å². The van der Waals surface area contributed by atoms with Gasteiger partial charge in [-0.05, 0) is 18.2 Å². The first-order valence-electron chi connectivity index (χ1n) is 7.50. The molecule has 1 N–H and O–H groups in total. The van der Waals surface area contributed by atoms with Crippen LogP contribution in [0.1, 0.15) is 18.4 Å². The molecule has 6 nitrogen and oxygen atoms in total. The third-order valence-electron chi connectivity index (χ3n) is 3.50. The van der Waals surface area contributed by atoms with Gasteiger partial charge in [-0.25, -0.2) is 0 Å². The number of benzene rings is 1. The van der Waals surface area contributed by atoms with Crippen molar-refractivity contribution in [3.63, 3.8) is 0 Å². The first-order chi connectivity index (χ1) is 12.1. The predicted molar refractivity (Wildman–Crippen MR) is 102 cm³/mol. The van der Waals surface area contributed by atoms with Crippen molar-refractivity contribution in [2.45, 2.75) is 12.8 Å². The van der Waals surface area contributed by atoms with Crippen molar-refractivity contribution in [1.29, 1.82) is 10.5 Å². The molecule has 0 aromatic heterocycles. The van der Waals surface area contributed by atoms with E-state index in [1.807, 2.05) is 23.1 Å². The first kappa shape index (κ1) is 18.8. The van der Waals surface area contributed by atoms with Crippen molar-refractivity contribution < 1.29 is 9.53 Å². The molecule has 0 saturated carbocycles. The van der Waals surface area contributed by atoms with E-state index >= 15 is 0 Å².